The molecule has 0 aliphatic heterocycles. The van der Waals surface area contributed by atoms with Crippen LogP contribution in [0.3, 0.4) is 0 Å². The minimum Gasteiger partial charge on any atom is -0.326 e. The molecule has 0 bridgehead atoms. The molecule has 4 rings (SSSR count). The summed E-state index contributed by atoms with van der Waals surface area (Å²) in [4.78, 5) is 17.1. The molecule has 1 heterocycles. The van der Waals surface area contributed by atoms with Crippen molar-refractivity contribution >= 4 is 38.9 Å². The number of aryl methyl sites for hydroxylation is 1. The minimum absolute atomic E-state index is 0.0319. The molecule has 144 valence electrons. The fraction of sp³-hybridized carbons (Fsp3) is 0.0833. The summed E-state index contributed by atoms with van der Waals surface area (Å²) in [5.74, 6) is -0.0319. The lowest BCUT2D eigenvalue weighted by Gasteiger charge is -2.06. The number of carbonyl (C=O) groups is 1. The van der Waals surface area contributed by atoms with Crippen molar-refractivity contribution < 1.29 is 4.79 Å². The van der Waals surface area contributed by atoms with Crippen LogP contribution in [0.2, 0.25) is 0 Å². The van der Waals surface area contributed by atoms with E-state index in [1.165, 1.54) is 11.1 Å². The van der Waals surface area contributed by atoms with E-state index in [1.807, 2.05) is 60.7 Å². The van der Waals surface area contributed by atoms with Crippen molar-refractivity contribution in [3.63, 3.8) is 0 Å². The zero-order valence-electron chi connectivity index (χ0n) is 15.9. The zero-order valence-corrected chi connectivity index (χ0v) is 18.3. The second-order valence-corrected chi connectivity index (χ2v) is 8.56. The van der Waals surface area contributed by atoms with Gasteiger partial charge in [0.15, 0.2) is 0 Å². The molecule has 4 aromatic rings. The van der Waals surface area contributed by atoms with Gasteiger partial charge in [0.05, 0.1) is 12.1 Å². The Hall–Kier alpha value is -2.76. The van der Waals surface area contributed by atoms with Gasteiger partial charge in [0.2, 0.25) is 5.91 Å². The molecular weight excluding hydrogens is 444 g/mol. The van der Waals surface area contributed by atoms with Crippen LogP contribution < -0.4 is 5.32 Å². The third-order valence-corrected chi connectivity index (χ3v) is 6.03. The van der Waals surface area contributed by atoms with Crippen LogP contribution in [0.5, 0.6) is 0 Å². The van der Waals surface area contributed by atoms with E-state index in [-0.39, 0.29) is 5.91 Å². The Bertz CT molecular complexity index is 1130. The van der Waals surface area contributed by atoms with Gasteiger partial charge in [-0.2, -0.15) is 0 Å². The fourth-order valence-corrected chi connectivity index (χ4v) is 4.24. The maximum Gasteiger partial charge on any atom is 0.228 e. The molecule has 29 heavy (non-hydrogen) atoms. The van der Waals surface area contributed by atoms with E-state index < -0.39 is 0 Å². The third kappa shape index (κ3) is 4.81. The van der Waals surface area contributed by atoms with E-state index >= 15 is 0 Å². The van der Waals surface area contributed by atoms with Gasteiger partial charge in [-0.25, -0.2) is 4.98 Å². The molecule has 0 aliphatic rings. The highest BCUT2D eigenvalue weighted by Gasteiger charge is 2.09. The molecule has 0 aliphatic carbocycles. The van der Waals surface area contributed by atoms with Gasteiger partial charge in [-0.3, -0.25) is 4.79 Å². The van der Waals surface area contributed by atoms with Crippen LogP contribution >= 0.6 is 27.3 Å². The van der Waals surface area contributed by atoms with Gasteiger partial charge in [-0.05, 0) is 42.3 Å². The quantitative estimate of drug-likeness (QED) is 0.357. The number of amides is 1. The van der Waals surface area contributed by atoms with E-state index in [2.05, 4.69) is 45.7 Å². The number of thiazole rings is 1. The molecule has 0 saturated carbocycles. The Morgan fingerprint density at radius 2 is 1.72 bits per heavy atom. The van der Waals surface area contributed by atoms with Crippen molar-refractivity contribution in [2.45, 2.75) is 13.3 Å². The lowest BCUT2D eigenvalue weighted by atomic mass is 10.1. The second kappa shape index (κ2) is 8.72. The van der Waals surface area contributed by atoms with Crippen molar-refractivity contribution in [2.24, 2.45) is 0 Å². The Morgan fingerprint density at radius 3 is 2.45 bits per heavy atom. The van der Waals surface area contributed by atoms with E-state index in [0.717, 1.165) is 32.0 Å². The van der Waals surface area contributed by atoms with E-state index in [4.69, 9.17) is 4.98 Å². The minimum atomic E-state index is -0.0319. The number of nitrogens with one attached hydrogen (secondary N) is 1. The van der Waals surface area contributed by atoms with Gasteiger partial charge in [0, 0.05) is 26.7 Å². The van der Waals surface area contributed by atoms with Crippen LogP contribution in [0.15, 0.2) is 82.6 Å². The Labute approximate surface area is 182 Å². The SMILES string of the molecule is Cc1ccccc1-c1nc(-c2ccc(NC(=O)Cc3ccc(Br)cc3)cc2)cs1. The second-order valence-electron chi connectivity index (χ2n) is 6.78. The number of benzene rings is 3. The van der Waals surface area contributed by atoms with E-state index in [0.29, 0.717) is 6.42 Å². The standard InChI is InChI=1S/C24H19BrN2OS/c1-16-4-2-3-5-21(16)24-27-22(15-29-24)18-8-12-20(13-9-18)26-23(28)14-17-6-10-19(25)11-7-17/h2-13,15H,14H2,1H3,(H,26,28). The van der Waals surface area contributed by atoms with Gasteiger partial charge >= 0.3 is 0 Å². The molecule has 0 fully saturated rings. The molecule has 5 heteroatoms. The lowest BCUT2D eigenvalue weighted by Crippen LogP contribution is -2.14. The summed E-state index contributed by atoms with van der Waals surface area (Å²) >= 11 is 5.05. The molecule has 1 N–H and O–H groups in total. The summed E-state index contributed by atoms with van der Waals surface area (Å²) in [6, 6.07) is 23.9. The number of hydrogen-bond donors (Lipinski definition) is 1. The van der Waals surface area contributed by atoms with Crippen LogP contribution in [0.25, 0.3) is 21.8 Å². The summed E-state index contributed by atoms with van der Waals surface area (Å²) in [6.07, 6.45) is 0.348. The largest absolute Gasteiger partial charge is 0.326 e. The molecule has 0 spiro atoms. The summed E-state index contributed by atoms with van der Waals surface area (Å²) in [5.41, 5.74) is 6.13. The number of halogens is 1. The van der Waals surface area contributed by atoms with Crippen LogP contribution in [0.1, 0.15) is 11.1 Å². The maximum atomic E-state index is 12.3. The van der Waals surface area contributed by atoms with Crippen molar-refractivity contribution in [2.75, 3.05) is 5.32 Å². The Morgan fingerprint density at radius 1 is 1.00 bits per heavy atom. The molecule has 0 radical (unpaired) electrons. The number of hydrogen-bond acceptors (Lipinski definition) is 3. The predicted molar refractivity (Wildman–Crippen MR) is 124 cm³/mol. The topological polar surface area (TPSA) is 42.0 Å². The number of anilines is 1. The number of carbonyl (C=O) groups excluding carboxylic acids is 1. The van der Waals surface area contributed by atoms with Gasteiger partial charge in [-0.1, -0.05) is 64.5 Å². The molecular formula is C24H19BrN2OS. The first-order chi connectivity index (χ1) is 14.1. The van der Waals surface area contributed by atoms with Crippen LogP contribution in [0, 0.1) is 6.92 Å². The number of rotatable bonds is 5. The number of aromatic nitrogens is 1. The molecule has 0 saturated heterocycles. The van der Waals surface area contributed by atoms with Gasteiger partial charge < -0.3 is 5.32 Å². The van der Waals surface area contributed by atoms with Gasteiger partial charge in [0.1, 0.15) is 5.01 Å². The highest BCUT2D eigenvalue weighted by molar-refractivity contribution is 9.10. The summed E-state index contributed by atoms with van der Waals surface area (Å²) in [5, 5.41) is 6.04. The summed E-state index contributed by atoms with van der Waals surface area (Å²) < 4.78 is 1.00. The first-order valence-electron chi connectivity index (χ1n) is 9.25. The van der Waals surface area contributed by atoms with Crippen molar-refractivity contribution in [1.29, 1.82) is 0 Å². The first-order valence-corrected chi connectivity index (χ1v) is 10.9. The summed E-state index contributed by atoms with van der Waals surface area (Å²) in [7, 11) is 0. The Balaban J connectivity index is 1.43. The van der Waals surface area contributed by atoms with Crippen LogP contribution in [-0.2, 0) is 11.2 Å². The number of nitrogens with zero attached hydrogens (tertiary/aromatic N) is 1. The molecule has 0 unspecified atom stereocenters. The molecule has 0 atom stereocenters. The molecule has 3 aromatic carbocycles. The molecule has 3 nitrogen and oxygen atoms in total. The highest BCUT2D eigenvalue weighted by atomic mass is 79.9. The van der Waals surface area contributed by atoms with Crippen molar-refractivity contribution in [3.8, 4) is 21.8 Å². The average Bonchev–Trinajstić information content (AvgIpc) is 3.20. The van der Waals surface area contributed by atoms with Gasteiger partial charge in [0.25, 0.3) is 0 Å². The maximum absolute atomic E-state index is 12.3. The smallest absolute Gasteiger partial charge is 0.228 e. The third-order valence-electron chi connectivity index (χ3n) is 4.62. The van der Waals surface area contributed by atoms with Gasteiger partial charge in [-0.15, -0.1) is 11.3 Å². The summed E-state index contributed by atoms with van der Waals surface area (Å²) in [6.45, 7) is 2.10. The Kier molecular flexibility index (Phi) is 5.88. The van der Waals surface area contributed by atoms with Crippen molar-refractivity contribution in [1.82, 2.24) is 4.98 Å². The molecule has 1 aromatic heterocycles. The normalized spacial score (nSPS) is 10.7. The average molecular weight is 463 g/mol. The van der Waals surface area contributed by atoms with E-state index in [1.54, 1.807) is 11.3 Å². The predicted octanol–water partition coefficient (Wildman–Crippen LogP) is 6.73. The fourth-order valence-electron chi connectivity index (χ4n) is 3.06. The van der Waals surface area contributed by atoms with Crippen LogP contribution in [0.4, 0.5) is 5.69 Å². The van der Waals surface area contributed by atoms with Crippen molar-refractivity contribution in [3.05, 3.63) is 93.8 Å². The molecule has 1 amide bonds. The van der Waals surface area contributed by atoms with Crippen LogP contribution in [-0.4, -0.2) is 10.9 Å². The lowest BCUT2D eigenvalue weighted by molar-refractivity contribution is -0.115. The monoisotopic (exact) mass is 462 g/mol. The zero-order chi connectivity index (χ0) is 20.2. The highest BCUT2D eigenvalue weighted by Crippen LogP contribution is 2.31. The van der Waals surface area contributed by atoms with E-state index in [9.17, 15) is 4.79 Å². The first kappa shape index (κ1) is 19.6.